The largest absolute Gasteiger partial charge is 0.293 e. The zero-order valence-electron chi connectivity index (χ0n) is 14.4. The average molecular weight is 423 g/mol. The number of benzene rings is 2. The number of carbonyl (C=O) groups excluding carboxylic acids is 1. The molecule has 0 bridgehead atoms. The third-order valence-corrected chi connectivity index (χ3v) is 4.74. The first-order chi connectivity index (χ1) is 13.1. The summed E-state index contributed by atoms with van der Waals surface area (Å²) in [5, 5.41) is 2.96. The van der Waals surface area contributed by atoms with Crippen LogP contribution in [0.15, 0.2) is 65.5 Å². The predicted molar refractivity (Wildman–Crippen MR) is 108 cm³/mol. The second-order valence-electron chi connectivity index (χ2n) is 6.07. The fourth-order valence-electron chi connectivity index (χ4n) is 3.17. The quantitative estimate of drug-likeness (QED) is 0.494. The van der Waals surface area contributed by atoms with Gasteiger partial charge in [0.1, 0.15) is 5.56 Å². The number of nitrogens with zero attached hydrogens (tertiary/aromatic N) is 2. The minimum atomic E-state index is -0.371. The third-order valence-electron chi connectivity index (χ3n) is 4.38. The van der Waals surface area contributed by atoms with Crippen LogP contribution in [0.4, 0.5) is 0 Å². The Kier molecular flexibility index (Phi) is 4.37. The summed E-state index contributed by atoms with van der Waals surface area (Å²) in [4.78, 5) is 30.4. The van der Waals surface area contributed by atoms with Crippen molar-refractivity contribution in [1.29, 1.82) is 0 Å². The molecule has 1 amide bonds. The van der Waals surface area contributed by atoms with Gasteiger partial charge >= 0.3 is 0 Å². The fourth-order valence-corrected chi connectivity index (χ4v) is 3.37. The normalized spacial score (nSPS) is 10.9. The molecule has 2 aromatic heterocycles. The lowest BCUT2D eigenvalue weighted by Gasteiger charge is -2.10. The van der Waals surface area contributed by atoms with E-state index in [1.807, 2.05) is 60.7 Å². The summed E-state index contributed by atoms with van der Waals surface area (Å²) in [6, 6.07) is 18.9. The third kappa shape index (κ3) is 2.86. The van der Waals surface area contributed by atoms with Crippen LogP contribution < -0.4 is 9.90 Å². The van der Waals surface area contributed by atoms with Gasteiger partial charge < -0.3 is 0 Å². The van der Waals surface area contributed by atoms with Crippen LogP contribution >= 0.6 is 16.1 Å². The number of amides is 1. The minimum Gasteiger partial charge on any atom is -0.293 e. The van der Waals surface area contributed by atoms with Crippen molar-refractivity contribution in [2.75, 3.05) is 0 Å². The van der Waals surface area contributed by atoms with Crippen LogP contribution in [-0.4, -0.2) is 20.5 Å². The second-order valence-corrected chi connectivity index (χ2v) is 6.46. The lowest BCUT2D eigenvalue weighted by Crippen LogP contribution is -2.20. The highest BCUT2D eigenvalue weighted by Crippen LogP contribution is 2.29. The predicted octanol–water partition coefficient (Wildman–Crippen LogP) is 3.70. The number of carbonyl (C=O) groups is 1. The summed E-state index contributed by atoms with van der Waals surface area (Å²) in [5.74, 6) is -0.371. The standard InChI is InChI=1S/C20H15BrN4O2/c1-12-15(19(26)23-21)18-22-17(14-10-6-3-7-11-14)16(20(27)25(18)24-12)13-8-4-2-5-9-13/h2-11,24H,1H3,(H,23,26). The molecule has 27 heavy (non-hydrogen) atoms. The van der Waals surface area contributed by atoms with Crippen molar-refractivity contribution in [1.82, 2.24) is 18.9 Å². The Morgan fingerprint density at radius 1 is 1.04 bits per heavy atom. The molecular formula is C20H15BrN4O2. The maximum Gasteiger partial charge on any atom is 0.281 e. The van der Waals surface area contributed by atoms with Gasteiger partial charge in [0.05, 0.1) is 11.3 Å². The van der Waals surface area contributed by atoms with Crippen LogP contribution in [0.5, 0.6) is 0 Å². The highest BCUT2D eigenvalue weighted by molar-refractivity contribution is 9.08. The SMILES string of the molecule is Cc1[nH]n2c(=O)c(-c3ccccc3)c(-c3ccccc3)nc2c1C(=O)NBr. The molecule has 0 aliphatic carbocycles. The first kappa shape index (κ1) is 17.2. The van der Waals surface area contributed by atoms with Crippen LogP contribution in [0.1, 0.15) is 16.1 Å². The Morgan fingerprint density at radius 3 is 2.22 bits per heavy atom. The molecule has 4 rings (SSSR count). The molecule has 0 saturated heterocycles. The first-order valence-electron chi connectivity index (χ1n) is 8.29. The number of nitrogens with one attached hydrogen (secondary N) is 2. The Hall–Kier alpha value is -3.19. The van der Waals surface area contributed by atoms with Gasteiger partial charge in [-0.15, -0.1) is 0 Å². The molecule has 0 aliphatic heterocycles. The van der Waals surface area contributed by atoms with Gasteiger partial charge in [0.15, 0.2) is 5.65 Å². The zero-order valence-corrected chi connectivity index (χ0v) is 15.9. The Morgan fingerprint density at radius 2 is 1.63 bits per heavy atom. The number of H-pyrrole nitrogens is 1. The van der Waals surface area contributed by atoms with Gasteiger partial charge in [0.2, 0.25) is 0 Å². The van der Waals surface area contributed by atoms with E-state index >= 15 is 0 Å². The molecule has 2 N–H and O–H groups in total. The lowest BCUT2D eigenvalue weighted by atomic mass is 10.0. The van der Waals surface area contributed by atoms with Crippen LogP contribution in [0.2, 0.25) is 0 Å². The van der Waals surface area contributed by atoms with Crippen LogP contribution in [-0.2, 0) is 0 Å². The summed E-state index contributed by atoms with van der Waals surface area (Å²) < 4.78 is 3.74. The van der Waals surface area contributed by atoms with Crippen LogP contribution in [0.3, 0.4) is 0 Å². The molecule has 7 heteroatoms. The highest BCUT2D eigenvalue weighted by Gasteiger charge is 2.23. The van der Waals surface area contributed by atoms with Crippen LogP contribution in [0, 0.1) is 6.92 Å². The monoisotopic (exact) mass is 422 g/mol. The van der Waals surface area contributed by atoms with Gasteiger partial charge in [-0.05, 0) is 12.5 Å². The molecule has 2 aromatic carbocycles. The van der Waals surface area contributed by atoms with E-state index in [0.717, 1.165) is 11.1 Å². The van der Waals surface area contributed by atoms with Crippen molar-refractivity contribution in [3.05, 3.63) is 82.3 Å². The fraction of sp³-hybridized carbons (Fsp3) is 0.0500. The molecule has 0 unspecified atom stereocenters. The van der Waals surface area contributed by atoms with E-state index in [-0.39, 0.29) is 17.1 Å². The molecule has 134 valence electrons. The number of hydrogen-bond acceptors (Lipinski definition) is 3. The van der Waals surface area contributed by atoms with Crippen molar-refractivity contribution in [2.45, 2.75) is 6.92 Å². The number of rotatable bonds is 3. The van der Waals surface area contributed by atoms with E-state index in [0.29, 0.717) is 22.5 Å². The first-order valence-corrected chi connectivity index (χ1v) is 9.08. The van der Waals surface area contributed by atoms with Crippen molar-refractivity contribution in [3.63, 3.8) is 0 Å². The lowest BCUT2D eigenvalue weighted by molar-refractivity contribution is 0.0987. The minimum absolute atomic E-state index is 0.262. The highest BCUT2D eigenvalue weighted by atomic mass is 79.9. The van der Waals surface area contributed by atoms with Gasteiger partial charge in [-0.2, -0.15) is 0 Å². The van der Waals surface area contributed by atoms with Gasteiger partial charge in [-0.25, -0.2) is 9.50 Å². The number of aromatic amines is 1. The number of aryl methyl sites for hydroxylation is 1. The van der Waals surface area contributed by atoms with E-state index in [1.54, 1.807) is 6.92 Å². The van der Waals surface area contributed by atoms with Gasteiger partial charge in [0, 0.05) is 27.4 Å². The average Bonchev–Trinajstić information content (AvgIpc) is 3.05. The van der Waals surface area contributed by atoms with E-state index in [2.05, 4.69) is 25.6 Å². The molecule has 0 spiro atoms. The van der Waals surface area contributed by atoms with Crippen LogP contribution in [0.25, 0.3) is 28.0 Å². The number of aromatic nitrogens is 3. The Balaban J connectivity index is 2.15. The van der Waals surface area contributed by atoms with Gasteiger partial charge in [-0.3, -0.25) is 19.0 Å². The topological polar surface area (TPSA) is 79.3 Å². The summed E-state index contributed by atoms with van der Waals surface area (Å²) in [5.41, 5.74) is 3.49. The molecular weight excluding hydrogens is 408 g/mol. The van der Waals surface area contributed by atoms with E-state index in [9.17, 15) is 9.59 Å². The summed E-state index contributed by atoms with van der Waals surface area (Å²) in [6.45, 7) is 1.73. The maximum absolute atomic E-state index is 13.3. The Labute approximate surface area is 163 Å². The van der Waals surface area contributed by atoms with Crippen molar-refractivity contribution < 1.29 is 4.79 Å². The number of fused-ring (bicyclic) bond motifs is 1. The zero-order chi connectivity index (χ0) is 19.0. The van der Waals surface area contributed by atoms with E-state index < -0.39 is 0 Å². The summed E-state index contributed by atoms with van der Waals surface area (Å²) in [6.07, 6.45) is 0. The maximum atomic E-state index is 13.3. The molecule has 2 heterocycles. The van der Waals surface area contributed by atoms with Crippen molar-refractivity contribution >= 4 is 27.7 Å². The van der Waals surface area contributed by atoms with Crippen molar-refractivity contribution in [3.8, 4) is 22.4 Å². The summed E-state index contributed by atoms with van der Waals surface area (Å²) in [7, 11) is 0. The second kappa shape index (κ2) is 6.85. The van der Waals surface area contributed by atoms with Gasteiger partial charge in [-0.1, -0.05) is 60.7 Å². The molecule has 0 aliphatic rings. The number of halogens is 1. The molecule has 0 radical (unpaired) electrons. The molecule has 6 nitrogen and oxygen atoms in total. The summed E-state index contributed by atoms with van der Waals surface area (Å²) >= 11 is 2.96. The van der Waals surface area contributed by atoms with E-state index in [4.69, 9.17) is 4.98 Å². The van der Waals surface area contributed by atoms with Crippen molar-refractivity contribution in [2.24, 2.45) is 0 Å². The molecule has 0 saturated carbocycles. The van der Waals surface area contributed by atoms with Gasteiger partial charge in [0.25, 0.3) is 11.5 Å². The van der Waals surface area contributed by atoms with E-state index in [1.165, 1.54) is 4.52 Å². The number of hydrogen-bond donors (Lipinski definition) is 2. The smallest absolute Gasteiger partial charge is 0.281 e. The molecule has 0 atom stereocenters. The Bertz CT molecular complexity index is 1200. The molecule has 0 fully saturated rings. The molecule has 4 aromatic rings.